The first kappa shape index (κ1) is 33.2. The van der Waals surface area contributed by atoms with Crippen LogP contribution in [0.3, 0.4) is 0 Å². The van der Waals surface area contributed by atoms with Gasteiger partial charge in [-0.3, -0.25) is 20.1 Å². The highest BCUT2D eigenvalue weighted by Crippen LogP contribution is 2.42. The van der Waals surface area contributed by atoms with Gasteiger partial charge in [0, 0.05) is 0 Å². The second-order valence-corrected chi connectivity index (χ2v) is 9.78. The number of halogens is 2. The van der Waals surface area contributed by atoms with E-state index in [9.17, 15) is 18.9 Å². The van der Waals surface area contributed by atoms with Crippen LogP contribution in [0.1, 0.15) is 11.1 Å². The second kappa shape index (κ2) is 14.4. The van der Waals surface area contributed by atoms with E-state index in [-0.39, 0.29) is 24.5 Å². The van der Waals surface area contributed by atoms with E-state index in [4.69, 9.17) is 34.2 Å². The molecule has 46 heavy (non-hydrogen) atoms. The molecule has 4 aromatic rings. The minimum atomic E-state index is -0.805. The number of benzene rings is 4. The van der Waals surface area contributed by atoms with Gasteiger partial charge in [0.25, 0.3) is 5.69 Å². The zero-order valence-electron chi connectivity index (χ0n) is 26.1. The number of nitrogens with two attached hydrogens (primary N) is 1. The number of rotatable bonds is 14. The fraction of sp³-hybridized carbons (Fsp3) is 0.250. The molecule has 0 unspecified atom stereocenters. The van der Waals surface area contributed by atoms with Crippen molar-refractivity contribution in [2.45, 2.75) is 13.1 Å². The van der Waals surface area contributed by atoms with Crippen molar-refractivity contribution in [2.24, 2.45) is 0 Å². The van der Waals surface area contributed by atoms with E-state index in [0.29, 0.717) is 51.3 Å². The first-order chi connectivity index (χ1) is 22.1. The Balaban J connectivity index is 2.01. The van der Waals surface area contributed by atoms with Crippen molar-refractivity contribution in [1.29, 1.82) is 0 Å². The van der Waals surface area contributed by atoms with Crippen LogP contribution in [0.15, 0.2) is 60.7 Å². The predicted molar refractivity (Wildman–Crippen MR) is 168 cm³/mol. The first-order valence-electron chi connectivity index (χ1n) is 13.7. The average molecular weight is 641 g/mol. The molecule has 0 radical (unpaired) electrons. The highest BCUT2D eigenvalue weighted by molar-refractivity contribution is 5.74. The number of methoxy groups -OCH3 is 6. The lowest BCUT2D eigenvalue weighted by molar-refractivity contribution is -0.384. The molecule has 0 fully saturated rings. The molecule has 0 aliphatic rings. The molecule has 0 bridgehead atoms. The SMILES string of the molecule is COc1cc(CN(c2ccc(F)cc2N)N(Cc2cc(OC)c(OC)c(OC)c2)c2ccc(F)cc2[N+](=O)[O-])cc(OC)c1OC. The van der Waals surface area contributed by atoms with Crippen molar-refractivity contribution in [3.63, 3.8) is 0 Å². The van der Waals surface area contributed by atoms with Crippen molar-refractivity contribution < 1.29 is 42.1 Å². The highest BCUT2D eigenvalue weighted by atomic mass is 19.1. The van der Waals surface area contributed by atoms with Crippen LogP contribution in [-0.4, -0.2) is 47.6 Å². The fourth-order valence-corrected chi connectivity index (χ4v) is 5.02. The summed E-state index contributed by atoms with van der Waals surface area (Å²) in [5.74, 6) is 0.681. The summed E-state index contributed by atoms with van der Waals surface area (Å²) < 4.78 is 61.8. The lowest BCUT2D eigenvalue weighted by atomic mass is 10.1. The van der Waals surface area contributed by atoms with Gasteiger partial charge in [-0.25, -0.2) is 8.78 Å². The number of hydrazine groups is 1. The van der Waals surface area contributed by atoms with Crippen LogP contribution < -0.4 is 44.2 Å². The highest BCUT2D eigenvalue weighted by Gasteiger charge is 2.29. The van der Waals surface area contributed by atoms with Gasteiger partial charge in [-0.15, -0.1) is 0 Å². The maximum absolute atomic E-state index is 14.4. The summed E-state index contributed by atoms with van der Waals surface area (Å²) in [7, 11) is 8.78. The van der Waals surface area contributed by atoms with Crippen molar-refractivity contribution >= 4 is 22.7 Å². The molecule has 0 amide bonds. The number of nitrogen functional groups attached to an aromatic ring is 1. The molecular formula is C32H34F2N4O8. The van der Waals surface area contributed by atoms with Gasteiger partial charge in [0.15, 0.2) is 23.0 Å². The van der Waals surface area contributed by atoms with Crippen molar-refractivity contribution in [3.05, 3.63) is 93.5 Å². The molecule has 244 valence electrons. The quantitative estimate of drug-likeness (QED) is 0.0969. The van der Waals surface area contributed by atoms with E-state index < -0.39 is 22.2 Å². The Morgan fingerprint density at radius 2 is 1.02 bits per heavy atom. The Labute approximate surface area is 264 Å². The summed E-state index contributed by atoms with van der Waals surface area (Å²) in [4.78, 5) is 11.6. The molecule has 0 aromatic heterocycles. The summed E-state index contributed by atoms with van der Waals surface area (Å²) in [5, 5.41) is 15.4. The second-order valence-electron chi connectivity index (χ2n) is 9.78. The summed E-state index contributed by atoms with van der Waals surface area (Å²) in [5.41, 5.74) is 7.33. The largest absolute Gasteiger partial charge is 0.493 e. The normalized spacial score (nSPS) is 10.6. The van der Waals surface area contributed by atoms with Gasteiger partial charge >= 0.3 is 0 Å². The number of ether oxygens (including phenoxy) is 6. The third kappa shape index (κ3) is 6.85. The van der Waals surface area contributed by atoms with Gasteiger partial charge in [-0.1, -0.05) is 0 Å². The molecule has 0 saturated heterocycles. The molecule has 0 spiro atoms. The third-order valence-electron chi connectivity index (χ3n) is 7.09. The van der Waals surface area contributed by atoms with Crippen molar-refractivity contribution in [2.75, 3.05) is 58.4 Å². The van der Waals surface area contributed by atoms with Crippen LogP contribution in [0.5, 0.6) is 34.5 Å². The van der Waals surface area contributed by atoms with Crippen molar-refractivity contribution in [3.8, 4) is 34.5 Å². The summed E-state index contributed by atoms with van der Waals surface area (Å²) in [6.45, 7) is -0.0735. The molecule has 14 heteroatoms. The Hall–Kier alpha value is -5.66. The lowest BCUT2D eigenvalue weighted by Crippen LogP contribution is -2.43. The van der Waals surface area contributed by atoms with E-state index in [1.165, 1.54) is 65.9 Å². The molecule has 2 N–H and O–H groups in total. The number of hydrogen-bond donors (Lipinski definition) is 1. The molecule has 12 nitrogen and oxygen atoms in total. The van der Waals surface area contributed by atoms with E-state index in [1.807, 2.05) is 0 Å². The minimum absolute atomic E-state index is 0.00843. The lowest BCUT2D eigenvalue weighted by Gasteiger charge is -2.39. The zero-order valence-corrected chi connectivity index (χ0v) is 26.1. The Morgan fingerprint density at radius 3 is 1.39 bits per heavy atom. The van der Waals surface area contributed by atoms with Gasteiger partial charge in [0.05, 0.1) is 78.1 Å². The minimum Gasteiger partial charge on any atom is -0.493 e. The summed E-state index contributed by atoms with van der Waals surface area (Å²) in [6.07, 6.45) is 0. The first-order valence-corrected chi connectivity index (χ1v) is 13.7. The number of hydrogen-bond acceptors (Lipinski definition) is 11. The molecular weight excluding hydrogens is 606 g/mol. The van der Waals surface area contributed by atoms with E-state index >= 15 is 0 Å². The molecule has 0 heterocycles. The standard InChI is InChI=1S/C32H34F2N4O8/c1-41-27-11-19(12-28(42-2)31(27)45-5)17-36(24-9-7-21(33)15-23(24)35)37(25-10-8-22(34)16-26(25)38(39)40)18-20-13-29(43-3)32(46-6)30(14-20)44-4/h7-16H,17-18,35H2,1-6H3. The van der Waals surface area contributed by atoms with Crippen LogP contribution >= 0.6 is 0 Å². The van der Waals surface area contributed by atoms with Crippen LogP contribution in [0.2, 0.25) is 0 Å². The van der Waals surface area contributed by atoms with E-state index in [0.717, 1.165) is 18.2 Å². The Kier molecular flexibility index (Phi) is 10.4. The van der Waals surface area contributed by atoms with E-state index in [2.05, 4.69) is 0 Å². The third-order valence-corrected chi connectivity index (χ3v) is 7.09. The number of nitro groups is 1. The predicted octanol–water partition coefficient (Wildman–Crippen LogP) is 6.14. The molecule has 0 atom stereocenters. The number of anilines is 3. The summed E-state index contributed by atoms with van der Waals surface area (Å²) in [6, 6.07) is 13.8. The average Bonchev–Trinajstić information content (AvgIpc) is 3.05. The monoisotopic (exact) mass is 640 g/mol. The topological polar surface area (TPSA) is 131 Å². The molecule has 4 rings (SSSR count). The molecule has 0 aliphatic heterocycles. The van der Waals surface area contributed by atoms with Crippen LogP contribution in [0.4, 0.5) is 31.5 Å². The maximum atomic E-state index is 14.4. The van der Waals surface area contributed by atoms with Crippen LogP contribution in [0, 0.1) is 21.7 Å². The smallest absolute Gasteiger partial charge is 0.297 e. The molecule has 4 aromatic carbocycles. The van der Waals surface area contributed by atoms with Gasteiger partial charge in [0.1, 0.15) is 17.3 Å². The van der Waals surface area contributed by atoms with Crippen LogP contribution in [0.25, 0.3) is 0 Å². The van der Waals surface area contributed by atoms with Gasteiger partial charge in [-0.05, 0) is 65.7 Å². The molecule has 0 saturated carbocycles. The zero-order chi connectivity index (χ0) is 33.5. The van der Waals surface area contributed by atoms with Gasteiger partial charge in [0.2, 0.25) is 11.5 Å². The Bertz CT molecular complexity index is 1670. The summed E-state index contributed by atoms with van der Waals surface area (Å²) >= 11 is 0. The maximum Gasteiger partial charge on any atom is 0.297 e. The van der Waals surface area contributed by atoms with Crippen LogP contribution in [-0.2, 0) is 13.1 Å². The number of nitrogens with zero attached hydrogens (tertiary/aromatic N) is 3. The Morgan fingerprint density at radius 1 is 0.630 bits per heavy atom. The van der Waals surface area contributed by atoms with Crippen molar-refractivity contribution in [1.82, 2.24) is 0 Å². The van der Waals surface area contributed by atoms with Gasteiger partial charge < -0.3 is 34.2 Å². The fourth-order valence-electron chi connectivity index (χ4n) is 5.02. The number of nitro benzene ring substituents is 1. The van der Waals surface area contributed by atoms with E-state index in [1.54, 1.807) is 29.3 Å². The van der Waals surface area contributed by atoms with Gasteiger partial charge in [-0.2, -0.15) is 0 Å². The molecule has 0 aliphatic carbocycles.